The lowest BCUT2D eigenvalue weighted by molar-refractivity contribution is -0.141. The molecule has 4 rings (SSSR count). The molecule has 1 amide bonds. The zero-order valence-corrected chi connectivity index (χ0v) is 16.6. The van der Waals surface area contributed by atoms with Crippen molar-refractivity contribution in [3.63, 3.8) is 0 Å². The Morgan fingerprint density at radius 1 is 1.28 bits per heavy atom. The summed E-state index contributed by atoms with van der Waals surface area (Å²) in [5.41, 5.74) is 0.993. The highest BCUT2D eigenvalue weighted by Gasteiger charge is 2.45. The highest BCUT2D eigenvalue weighted by atomic mass is 35.5. The maximum absolute atomic E-state index is 12.3. The van der Waals surface area contributed by atoms with Crippen molar-refractivity contribution in [2.75, 3.05) is 19.6 Å². The maximum Gasteiger partial charge on any atom is 0.290 e. The van der Waals surface area contributed by atoms with E-state index >= 15 is 0 Å². The van der Waals surface area contributed by atoms with Gasteiger partial charge in [-0.05, 0) is 44.5 Å². The maximum atomic E-state index is 12.3. The third-order valence-corrected chi connectivity index (χ3v) is 6.00. The molecule has 0 aliphatic carbocycles. The molecule has 1 aromatic carbocycles. The Morgan fingerprint density at radius 2 is 1.97 bits per heavy atom. The highest BCUT2D eigenvalue weighted by Crippen LogP contribution is 2.38. The van der Waals surface area contributed by atoms with E-state index in [9.17, 15) is 14.7 Å². The molecule has 0 bridgehead atoms. The van der Waals surface area contributed by atoms with Crippen molar-refractivity contribution in [3.8, 4) is 0 Å². The SMILES string of the molecule is O=C1NCC(O)CC12CCN(Cc1cc(=O)c3cccc(Cl)c3[nH]1)CC2.O=CO. The second kappa shape index (κ2) is 8.94. The summed E-state index contributed by atoms with van der Waals surface area (Å²) in [5.74, 6) is 0.0633. The fourth-order valence-corrected chi connectivity index (χ4v) is 4.42. The van der Waals surface area contributed by atoms with Gasteiger partial charge in [0.05, 0.1) is 22.1 Å². The van der Waals surface area contributed by atoms with Crippen LogP contribution >= 0.6 is 11.6 Å². The second-order valence-electron chi connectivity index (χ2n) is 7.55. The smallest absolute Gasteiger partial charge is 0.290 e. The summed E-state index contributed by atoms with van der Waals surface area (Å²) in [6.45, 7) is 2.21. The van der Waals surface area contributed by atoms with Crippen molar-refractivity contribution in [3.05, 3.63) is 45.2 Å². The number of aliphatic hydroxyl groups excluding tert-OH is 1. The van der Waals surface area contributed by atoms with Crippen LogP contribution in [0.25, 0.3) is 10.9 Å². The summed E-state index contributed by atoms with van der Waals surface area (Å²) in [6.07, 6.45) is 1.51. The molecule has 1 aromatic heterocycles. The number of hydrogen-bond donors (Lipinski definition) is 4. The van der Waals surface area contributed by atoms with Gasteiger partial charge in [-0.1, -0.05) is 17.7 Å². The predicted molar refractivity (Wildman–Crippen MR) is 109 cm³/mol. The minimum atomic E-state index is -0.460. The van der Waals surface area contributed by atoms with E-state index in [1.807, 2.05) is 0 Å². The van der Waals surface area contributed by atoms with Crippen molar-refractivity contribution < 1.29 is 19.8 Å². The molecule has 2 saturated heterocycles. The second-order valence-corrected chi connectivity index (χ2v) is 7.96. The fraction of sp³-hybridized carbons (Fsp3) is 0.450. The van der Waals surface area contributed by atoms with Gasteiger partial charge in [-0.15, -0.1) is 0 Å². The van der Waals surface area contributed by atoms with E-state index in [4.69, 9.17) is 21.5 Å². The van der Waals surface area contributed by atoms with Gasteiger partial charge in [-0.2, -0.15) is 0 Å². The highest BCUT2D eigenvalue weighted by molar-refractivity contribution is 6.35. The van der Waals surface area contributed by atoms with Gasteiger partial charge < -0.3 is 20.5 Å². The van der Waals surface area contributed by atoms with Crippen LogP contribution in [0, 0.1) is 5.41 Å². The first-order valence-corrected chi connectivity index (χ1v) is 9.83. The summed E-state index contributed by atoms with van der Waals surface area (Å²) < 4.78 is 0. The molecule has 4 N–H and O–H groups in total. The van der Waals surface area contributed by atoms with E-state index in [0.717, 1.165) is 18.8 Å². The molecule has 8 nitrogen and oxygen atoms in total. The standard InChI is InChI=1S/C19H22ClN3O3.CH2O2/c20-15-3-1-2-14-16(25)8-12(22-17(14)15)11-23-6-4-19(5-7-23)9-13(24)10-21-18(19)26;2-1-3/h1-3,8,13,24H,4-7,9-11H2,(H,21,26)(H,22,25);1H,(H,2,3). The van der Waals surface area contributed by atoms with Crippen LogP contribution in [-0.4, -0.2) is 58.2 Å². The molecular formula is C20H24ClN3O5. The Morgan fingerprint density at radius 3 is 2.66 bits per heavy atom. The summed E-state index contributed by atoms with van der Waals surface area (Å²) in [5, 5.41) is 20.8. The lowest BCUT2D eigenvalue weighted by Gasteiger charge is -2.44. The Hall–Kier alpha value is -2.42. The summed E-state index contributed by atoms with van der Waals surface area (Å²) in [4.78, 5) is 38.5. The Bertz CT molecular complexity index is 953. The number of H-pyrrole nitrogens is 1. The number of aromatic nitrogens is 1. The van der Waals surface area contributed by atoms with Gasteiger partial charge in [-0.25, -0.2) is 0 Å². The average molecular weight is 422 g/mol. The number of carbonyl (C=O) groups is 2. The molecule has 156 valence electrons. The number of nitrogens with zero attached hydrogens (tertiary/aromatic N) is 1. The number of halogens is 1. The number of benzene rings is 1. The number of carbonyl (C=O) groups excluding carboxylic acids is 1. The van der Waals surface area contributed by atoms with Crippen molar-refractivity contribution in [2.24, 2.45) is 5.41 Å². The number of aromatic amines is 1. The van der Waals surface area contributed by atoms with E-state index < -0.39 is 11.5 Å². The van der Waals surface area contributed by atoms with Gasteiger partial charge in [0.1, 0.15) is 0 Å². The summed E-state index contributed by atoms with van der Waals surface area (Å²) >= 11 is 6.22. The number of nitrogens with one attached hydrogen (secondary N) is 2. The third kappa shape index (κ3) is 4.60. The van der Waals surface area contributed by atoms with Crippen molar-refractivity contribution >= 4 is 34.9 Å². The minimum Gasteiger partial charge on any atom is -0.483 e. The topological polar surface area (TPSA) is 123 Å². The molecule has 3 heterocycles. The molecule has 29 heavy (non-hydrogen) atoms. The molecule has 2 aliphatic heterocycles. The van der Waals surface area contributed by atoms with Gasteiger partial charge in [0.25, 0.3) is 6.47 Å². The average Bonchev–Trinajstić information content (AvgIpc) is 2.69. The molecular weight excluding hydrogens is 398 g/mol. The number of para-hydroxylation sites is 1. The normalized spacial score (nSPS) is 21.3. The van der Waals surface area contributed by atoms with Gasteiger partial charge in [0, 0.05) is 30.2 Å². The van der Waals surface area contributed by atoms with Crippen LogP contribution < -0.4 is 10.7 Å². The molecule has 9 heteroatoms. The number of aliphatic hydroxyl groups is 1. The number of amides is 1. The summed E-state index contributed by atoms with van der Waals surface area (Å²) in [6, 6.07) is 6.93. The molecule has 0 saturated carbocycles. The Kier molecular flexibility index (Phi) is 6.56. The van der Waals surface area contributed by atoms with Crippen LogP contribution in [-0.2, 0) is 16.1 Å². The van der Waals surface area contributed by atoms with Crippen molar-refractivity contribution in [1.29, 1.82) is 0 Å². The Balaban J connectivity index is 0.000000755. The van der Waals surface area contributed by atoms with Crippen LogP contribution in [0.2, 0.25) is 5.02 Å². The molecule has 1 spiro atoms. The van der Waals surface area contributed by atoms with Gasteiger partial charge in [0.15, 0.2) is 5.43 Å². The van der Waals surface area contributed by atoms with E-state index in [2.05, 4.69) is 15.2 Å². The van der Waals surface area contributed by atoms with E-state index in [-0.39, 0.29) is 17.8 Å². The lowest BCUT2D eigenvalue weighted by atomic mass is 9.71. The van der Waals surface area contributed by atoms with E-state index in [1.54, 1.807) is 24.3 Å². The zero-order chi connectivity index (χ0) is 21.0. The van der Waals surface area contributed by atoms with Crippen LogP contribution in [0.3, 0.4) is 0 Å². The van der Waals surface area contributed by atoms with Gasteiger partial charge in [-0.3, -0.25) is 19.3 Å². The predicted octanol–water partition coefficient (Wildman–Crippen LogP) is 1.35. The lowest BCUT2D eigenvalue weighted by Crippen LogP contribution is -2.55. The third-order valence-electron chi connectivity index (χ3n) is 5.68. The molecule has 2 fully saturated rings. The zero-order valence-electron chi connectivity index (χ0n) is 15.9. The molecule has 2 aliphatic rings. The van der Waals surface area contributed by atoms with Crippen LogP contribution in [0.15, 0.2) is 29.1 Å². The van der Waals surface area contributed by atoms with E-state index in [1.165, 1.54) is 0 Å². The first-order chi connectivity index (χ1) is 13.9. The number of β-amino-alcohol motifs (C(OH)–C–C–N with tert-alkyl or cyclic N) is 1. The number of pyridine rings is 1. The molecule has 0 radical (unpaired) electrons. The van der Waals surface area contributed by atoms with Crippen LogP contribution in [0.1, 0.15) is 25.0 Å². The molecule has 2 aromatic rings. The molecule has 1 atom stereocenters. The van der Waals surface area contributed by atoms with Crippen LogP contribution in [0.5, 0.6) is 0 Å². The van der Waals surface area contributed by atoms with Gasteiger partial charge in [0.2, 0.25) is 5.91 Å². The monoisotopic (exact) mass is 421 g/mol. The summed E-state index contributed by atoms with van der Waals surface area (Å²) in [7, 11) is 0. The number of carboxylic acid groups (broad SMARTS) is 1. The Labute approximate surface area is 172 Å². The number of fused-ring (bicyclic) bond motifs is 1. The number of rotatable bonds is 2. The minimum absolute atomic E-state index is 0.0421. The first kappa shape index (κ1) is 21.3. The quantitative estimate of drug-likeness (QED) is 0.543. The van der Waals surface area contributed by atoms with Crippen molar-refractivity contribution in [1.82, 2.24) is 15.2 Å². The van der Waals surface area contributed by atoms with Crippen molar-refractivity contribution in [2.45, 2.75) is 31.9 Å². The van der Waals surface area contributed by atoms with E-state index in [0.29, 0.717) is 48.3 Å². The first-order valence-electron chi connectivity index (χ1n) is 9.45. The number of hydrogen-bond acceptors (Lipinski definition) is 5. The fourth-order valence-electron chi connectivity index (χ4n) is 4.20. The number of likely N-dealkylation sites (tertiary alicyclic amines) is 1. The van der Waals surface area contributed by atoms with Crippen LogP contribution in [0.4, 0.5) is 0 Å². The van der Waals surface area contributed by atoms with Gasteiger partial charge >= 0.3 is 0 Å². The number of piperidine rings is 2. The molecule has 1 unspecified atom stereocenters. The largest absolute Gasteiger partial charge is 0.483 e.